The van der Waals surface area contributed by atoms with E-state index in [1.165, 1.54) is 0 Å². The lowest BCUT2D eigenvalue weighted by Gasteiger charge is -2.23. The summed E-state index contributed by atoms with van der Waals surface area (Å²) in [5.74, 6) is -0.0716. The molecule has 0 radical (unpaired) electrons. The molecule has 0 heterocycles. The molecular formula is C12H18O3S. The number of Topliss-reactive ketones (excluding diaryl/α,β-unsaturated/α-hetero) is 1. The first-order valence-corrected chi connectivity index (χ1v) is 7.62. The number of carbonyl (C=O) groups is 1. The second-order valence-corrected chi connectivity index (χ2v) is 6.85. The van der Waals surface area contributed by atoms with E-state index in [0.29, 0.717) is 24.2 Å². The van der Waals surface area contributed by atoms with E-state index in [9.17, 15) is 13.2 Å². The van der Waals surface area contributed by atoms with Crippen molar-refractivity contribution in [3.05, 3.63) is 11.0 Å². The van der Waals surface area contributed by atoms with Gasteiger partial charge in [-0.25, -0.2) is 8.42 Å². The van der Waals surface area contributed by atoms with Crippen molar-refractivity contribution in [1.82, 2.24) is 0 Å². The summed E-state index contributed by atoms with van der Waals surface area (Å²) in [6.07, 6.45) is 7.98. The van der Waals surface area contributed by atoms with Gasteiger partial charge in [0.2, 0.25) is 0 Å². The highest BCUT2D eigenvalue weighted by Crippen LogP contribution is 2.30. The third-order valence-electron chi connectivity index (χ3n) is 3.49. The third-order valence-corrected chi connectivity index (χ3v) is 5.84. The van der Waals surface area contributed by atoms with Crippen LogP contribution < -0.4 is 0 Å². The van der Waals surface area contributed by atoms with Crippen LogP contribution in [0.1, 0.15) is 51.4 Å². The highest BCUT2D eigenvalue weighted by atomic mass is 32.2. The topological polar surface area (TPSA) is 51.2 Å². The third kappa shape index (κ3) is 2.21. The Morgan fingerprint density at radius 2 is 1.81 bits per heavy atom. The number of allylic oxidation sites excluding steroid dienone is 2. The first-order chi connectivity index (χ1) is 7.62. The number of hydrogen-bond acceptors (Lipinski definition) is 3. The van der Waals surface area contributed by atoms with Gasteiger partial charge in [-0.15, -0.1) is 0 Å². The van der Waals surface area contributed by atoms with Crippen LogP contribution in [0.2, 0.25) is 0 Å². The molecule has 90 valence electrons. The van der Waals surface area contributed by atoms with Crippen LogP contribution in [-0.2, 0) is 14.6 Å². The number of hydrogen-bond donors (Lipinski definition) is 0. The van der Waals surface area contributed by atoms with Crippen molar-refractivity contribution in [2.45, 2.75) is 56.6 Å². The Morgan fingerprint density at radius 1 is 1.06 bits per heavy atom. The van der Waals surface area contributed by atoms with Crippen LogP contribution in [0.3, 0.4) is 0 Å². The Labute approximate surface area is 96.8 Å². The van der Waals surface area contributed by atoms with E-state index < -0.39 is 15.1 Å². The summed E-state index contributed by atoms with van der Waals surface area (Å²) in [6, 6.07) is 0. The lowest BCUT2D eigenvalue weighted by molar-refractivity contribution is -0.119. The molecule has 2 aliphatic carbocycles. The molecule has 0 aliphatic heterocycles. The molecule has 16 heavy (non-hydrogen) atoms. The van der Waals surface area contributed by atoms with Crippen LogP contribution in [0.25, 0.3) is 0 Å². The average molecular weight is 242 g/mol. The monoisotopic (exact) mass is 242 g/mol. The Kier molecular flexibility index (Phi) is 3.47. The maximum Gasteiger partial charge on any atom is 0.184 e. The minimum atomic E-state index is -3.32. The lowest BCUT2D eigenvalue weighted by atomic mass is 9.99. The SMILES string of the molecule is O=C1CCCCC1S(=O)(=O)C1=CCCCC1. The van der Waals surface area contributed by atoms with E-state index >= 15 is 0 Å². The molecule has 0 spiro atoms. The van der Waals surface area contributed by atoms with Crippen molar-refractivity contribution in [3.63, 3.8) is 0 Å². The highest BCUT2D eigenvalue weighted by molar-refractivity contribution is 7.96. The summed E-state index contributed by atoms with van der Waals surface area (Å²) >= 11 is 0. The van der Waals surface area contributed by atoms with E-state index in [1.54, 1.807) is 0 Å². The van der Waals surface area contributed by atoms with Gasteiger partial charge in [0.25, 0.3) is 0 Å². The molecule has 1 unspecified atom stereocenters. The summed E-state index contributed by atoms with van der Waals surface area (Å²) in [7, 11) is -3.32. The molecule has 0 aromatic heterocycles. The summed E-state index contributed by atoms with van der Waals surface area (Å²) in [5, 5.41) is -0.731. The van der Waals surface area contributed by atoms with Crippen LogP contribution in [-0.4, -0.2) is 19.5 Å². The smallest absolute Gasteiger partial charge is 0.184 e. The summed E-state index contributed by atoms with van der Waals surface area (Å²) in [4.78, 5) is 12.2. The quantitative estimate of drug-likeness (QED) is 0.747. The van der Waals surface area contributed by atoms with Gasteiger partial charge in [0.15, 0.2) is 15.6 Å². The molecule has 0 N–H and O–H groups in total. The standard InChI is InChI=1S/C12H18O3S/c13-11-8-4-5-9-12(11)16(14,15)10-6-2-1-3-7-10/h6,12H,1-5,7-9H2. The van der Waals surface area contributed by atoms with Crippen LogP contribution >= 0.6 is 0 Å². The molecule has 0 bridgehead atoms. The van der Waals surface area contributed by atoms with E-state index in [2.05, 4.69) is 0 Å². The number of carbonyl (C=O) groups excluding carboxylic acids is 1. The van der Waals surface area contributed by atoms with E-state index in [0.717, 1.165) is 32.1 Å². The maximum absolute atomic E-state index is 12.3. The van der Waals surface area contributed by atoms with Crippen molar-refractivity contribution in [3.8, 4) is 0 Å². The molecule has 2 rings (SSSR count). The molecule has 1 atom stereocenters. The summed E-state index contributed by atoms with van der Waals surface area (Å²) < 4.78 is 24.5. The Hall–Kier alpha value is -0.640. The molecule has 0 saturated heterocycles. The molecule has 0 aromatic rings. The largest absolute Gasteiger partial charge is 0.298 e. The predicted octanol–water partition coefficient (Wildman–Crippen LogP) is 2.37. The zero-order valence-corrected chi connectivity index (χ0v) is 10.3. The van der Waals surface area contributed by atoms with E-state index in [1.807, 2.05) is 6.08 Å². The van der Waals surface area contributed by atoms with Gasteiger partial charge in [-0.2, -0.15) is 0 Å². The molecule has 1 saturated carbocycles. The van der Waals surface area contributed by atoms with Crippen molar-refractivity contribution >= 4 is 15.6 Å². The van der Waals surface area contributed by atoms with Crippen molar-refractivity contribution < 1.29 is 13.2 Å². The van der Waals surface area contributed by atoms with Crippen LogP contribution in [0.4, 0.5) is 0 Å². The highest BCUT2D eigenvalue weighted by Gasteiger charge is 2.36. The average Bonchev–Trinajstić information content (AvgIpc) is 2.30. The van der Waals surface area contributed by atoms with Gasteiger partial charge in [0, 0.05) is 11.3 Å². The minimum absolute atomic E-state index is 0.0716. The van der Waals surface area contributed by atoms with Crippen molar-refractivity contribution in [2.75, 3.05) is 0 Å². The van der Waals surface area contributed by atoms with Crippen LogP contribution in [0, 0.1) is 0 Å². The van der Waals surface area contributed by atoms with Gasteiger partial charge < -0.3 is 0 Å². The number of sulfone groups is 1. The van der Waals surface area contributed by atoms with Gasteiger partial charge in [0.05, 0.1) is 0 Å². The van der Waals surface area contributed by atoms with E-state index in [-0.39, 0.29) is 5.78 Å². The zero-order valence-electron chi connectivity index (χ0n) is 9.44. The van der Waals surface area contributed by atoms with Crippen molar-refractivity contribution in [1.29, 1.82) is 0 Å². The Balaban J connectivity index is 2.23. The fourth-order valence-corrected chi connectivity index (χ4v) is 4.61. The molecular weight excluding hydrogens is 224 g/mol. The van der Waals surface area contributed by atoms with E-state index in [4.69, 9.17) is 0 Å². The molecule has 4 heteroatoms. The van der Waals surface area contributed by atoms with Gasteiger partial charge in [-0.1, -0.05) is 12.5 Å². The van der Waals surface area contributed by atoms with Gasteiger partial charge in [-0.05, 0) is 38.5 Å². The zero-order chi connectivity index (χ0) is 11.6. The lowest BCUT2D eigenvalue weighted by Crippen LogP contribution is -2.34. The molecule has 1 fully saturated rings. The maximum atomic E-state index is 12.3. The molecule has 2 aliphatic rings. The predicted molar refractivity (Wildman–Crippen MR) is 62.7 cm³/mol. The molecule has 3 nitrogen and oxygen atoms in total. The fraction of sp³-hybridized carbons (Fsp3) is 0.750. The number of rotatable bonds is 2. The van der Waals surface area contributed by atoms with Crippen LogP contribution in [0.15, 0.2) is 11.0 Å². The van der Waals surface area contributed by atoms with Crippen LogP contribution in [0.5, 0.6) is 0 Å². The van der Waals surface area contributed by atoms with Crippen molar-refractivity contribution in [2.24, 2.45) is 0 Å². The molecule has 0 aromatic carbocycles. The first-order valence-electron chi connectivity index (χ1n) is 6.08. The Morgan fingerprint density at radius 3 is 2.44 bits per heavy atom. The second kappa shape index (κ2) is 4.70. The second-order valence-electron chi connectivity index (χ2n) is 4.66. The van der Waals surface area contributed by atoms with Gasteiger partial charge >= 0.3 is 0 Å². The molecule has 0 amide bonds. The minimum Gasteiger partial charge on any atom is -0.298 e. The summed E-state index contributed by atoms with van der Waals surface area (Å²) in [5.41, 5.74) is 0. The summed E-state index contributed by atoms with van der Waals surface area (Å²) in [6.45, 7) is 0. The first kappa shape index (κ1) is 11.8. The van der Waals surface area contributed by atoms with Gasteiger partial charge in [-0.3, -0.25) is 4.79 Å². The van der Waals surface area contributed by atoms with Gasteiger partial charge in [0.1, 0.15) is 5.25 Å². The normalized spacial score (nSPS) is 27.6. The number of ketones is 1. The fourth-order valence-electron chi connectivity index (χ4n) is 2.53. The Bertz CT molecular complexity index is 406.